The number of ether oxygens (including phenoxy) is 1. The maximum atomic E-state index is 10.8. The third kappa shape index (κ3) is 2.77. The Kier molecular flexibility index (Phi) is 4.48. The topological polar surface area (TPSA) is 55.5 Å². The van der Waals surface area contributed by atoms with Crippen LogP contribution in [0.4, 0.5) is 0 Å². The van der Waals surface area contributed by atoms with Gasteiger partial charge in [0.1, 0.15) is 5.75 Å². The molecule has 1 aliphatic rings. The first-order valence-electron chi connectivity index (χ1n) is 7.14. The number of nitrogens with two attached hydrogens (primary N) is 1. The van der Waals surface area contributed by atoms with Crippen molar-refractivity contribution >= 4 is 0 Å². The van der Waals surface area contributed by atoms with E-state index in [0.717, 1.165) is 42.9 Å². The lowest BCUT2D eigenvalue weighted by Gasteiger charge is -2.42. The minimum atomic E-state index is -0.541. The van der Waals surface area contributed by atoms with Gasteiger partial charge in [-0.05, 0) is 24.8 Å². The molecule has 1 aromatic rings. The van der Waals surface area contributed by atoms with Crippen LogP contribution < -0.4 is 10.5 Å². The maximum Gasteiger partial charge on any atom is 0.124 e. The van der Waals surface area contributed by atoms with Gasteiger partial charge in [-0.3, -0.25) is 0 Å². The minimum Gasteiger partial charge on any atom is -0.496 e. The molecule has 0 aliphatic heterocycles. The van der Waals surface area contributed by atoms with Gasteiger partial charge in [0.15, 0.2) is 0 Å². The smallest absolute Gasteiger partial charge is 0.124 e. The number of hydrogen-bond donors (Lipinski definition) is 2. The summed E-state index contributed by atoms with van der Waals surface area (Å²) in [4.78, 5) is 0. The maximum absolute atomic E-state index is 10.8. The predicted molar refractivity (Wildman–Crippen MR) is 77.1 cm³/mol. The van der Waals surface area contributed by atoms with Crippen LogP contribution in [0.3, 0.4) is 0 Å². The van der Waals surface area contributed by atoms with Crippen molar-refractivity contribution in [1.29, 1.82) is 0 Å². The van der Waals surface area contributed by atoms with Crippen LogP contribution in [0.5, 0.6) is 5.75 Å². The van der Waals surface area contributed by atoms with Gasteiger partial charge in [-0.15, -0.1) is 0 Å². The van der Waals surface area contributed by atoms with Gasteiger partial charge in [0.2, 0.25) is 0 Å². The van der Waals surface area contributed by atoms with Gasteiger partial charge in [0.05, 0.1) is 13.2 Å². The molecule has 1 aromatic carbocycles. The second-order valence-corrected chi connectivity index (χ2v) is 5.89. The van der Waals surface area contributed by atoms with E-state index in [1.165, 1.54) is 0 Å². The third-order valence-electron chi connectivity index (χ3n) is 4.69. The molecule has 0 saturated heterocycles. The van der Waals surface area contributed by atoms with Crippen molar-refractivity contribution in [2.24, 2.45) is 17.1 Å². The molecule has 0 amide bonds. The first-order chi connectivity index (χ1) is 9.13. The molecular weight excluding hydrogens is 238 g/mol. The van der Waals surface area contributed by atoms with E-state index in [0.29, 0.717) is 6.54 Å². The van der Waals surface area contributed by atoms with Crippen molar-refractivity contribution in [3.8, 4) is 5.75 Å². The molecule has 0 heterocycles. The summed E-state index contributed by atoms with van der Waals surface area (Å²) in [6.45, 7) is 2.80. The standard InChI is InChI=1S/C16H25NO2/c1-12-7-9-16(11-17,10-8-12)15(18)13-5-3-4-6-14(13)19-2/h3-6,12,15,18H,7-11,17H2,1-2H3. The summed E-state index contributed by atoms with van der Waals surface area (Å²) in [5.41, 5.74) is 6.69. The molecule has 1 fully saturated rings. The fourth-order valence-electron chi connectivity index (χ4n) is 3.15. The number of aliphatic hydroxyl groups is 1. The molecule has 0 spiro atoms. The summed E-state index contributed by atoms with van der Waals surface area (Å²) in [6, 6.07) is 7.71. The van der Waals surface area contributed by atoms with E-state index in [1.54, 1.807) is 7.11 Å². The SMILES string of the molecule is COc1ccccc1C(O)C1(CN)CCC(C)CC1. The zero-order valence-corrected chi connectivity index (χ0v) is 11.9. The zero-order chi connectivity index (χ0) is 13.9. The molecule has 106 valence electrons. The Morgan fingerprint density at radius 2 is 2.00 bits per heavy atom. The molecule has 1 aliphatic carbocycles. The number of methoxy groups -OCH3 is 1. The lowest BCUT2D eigenvalue weighted by molar-refractivity contribution is -0.00945. The van der Waals surface area contributed by atoms with Gasteiger partial charge < -0.3 is 15.6 Å². The van der Waals surface area contributed by atoms with Crippen molar-refractivity contribution in [3.63, 3.8) is 0 Å². The van der Waals surface area contributed by atoms with Gasteiger partial charge >= 0.3 is 0 Å². The van der Waals surface area contributed by atoms with Gasteiger partial charge in [-0.1, -0.05) is 38.0 Å². The lowest BCUT2D eigenvalue weighted by atomic mass is 9.66. The van der Waals surface area contributed by atoms with Crippen molar-refractivity contribution in [2.75, 3.05) is 13.7 Å². The molecule has 1 saturated carbocycles. The Bertz CT molecular complexity index is 411. The lowest BCUT2D eigenvalue weighted by Crippen LogP contribution is -2.40. The Labute approximate surface area is 115 Å². The van der Waals surface area contributed by atoms with E-state index in [-0.39, 0.29) is 5.41 Å². The molecule has 0 aromatic heterocycles. The molecule has 3 N–H and O–H groups in total. The van der Waals surface area contributed by atoms with Crippen LogP contribution in [-0.2, 0) is 0 Å². The number of hydrogen-bond acceptors (Lipinski definition) is 3. The van der Waals surface area contributed by atoms with Gasteiger partial charge in [-0.2, -0.15) is 0 Å². The summed E-state index contributed by atoms with van der Waals surface area (Å²) in [6.07, 6.45) is 3.72. The molecule has 0 bridgehead atoms. The predicted octanol–water partition coefficient (Wildman–Crippen LogP) is 2.88. The molecule has 3 heteroatoms. The number of benzene rings is 1. The molecule has 19 heavy (non-hydrogen) atoms. The van der Waals surface area contributed by atoms with E-state index in [9.17, 15) is 5.11 Å². The van der Waals surface area contributed by atoms with Gasteiger partial charge in [0, 0.05) is 17.5 Å². The zero-order valence-electron chi connectivity index (χ0n) is 11.9. The van der Waals surface area contributed by atoms with Crippen LogP contribution in [0, 0.1) is 11.3 Å². The highest BCUT2D eigenvalue weighted by Crippen LogP contribution is 2.48. The van der Waals surface area contributed by atoms with E-state index in [1.807, 2.05) is 24.3 Å². The first kappa shape index (κ1) is 14.4. The van der Waals surface area contributed by atoms with E-state index < -0.39 is 6.10 Å². The molecule has 1 atom stereocenters. The number of rotatable bonds is 4. The first-order valence-corrected chi connectivity index (χ1v) is 7.14. The van der Waals surface area contributed by atoms with Crippen molar-refractivity contribution < 1.29 is 9.84 Å². The second-order valence-electron chi connectivity index (χ2n) is 5.89. The summed E-state index contributed by atoms with van der Waals surface area (Å²) in [5.74, 6) is 1.49. The molecule has 1 unspecified atom stereocenters. The highest BCUT2D eigenvalue weighted by molar-refractivity contribution is 5.36. The summed E-state index contributed by atoms with van der Waals surface area (Å²) in [5, 5.41) is 10.8. The number of para-hydroxylation sites is 1. The summed E-state index contributed by atoms with van der Waals surface area (Å²) in [7, 11) is 1.64. The van der Waals surface area contributed by atoms with E-state index in [2.05, 4.69) is 6.92 Å². The van der Waals surface area contributed by atoms with E-state index >= 15 is 0 Å². The average Bonchev–Trinajstić information content (AvgIpc) is 2.47. The van der Waals surface area contributed by atoms with Crippen LogP contribution in [0.15, 0.2) is 24.3 Å². The van der Waals surface area contributed by atoms with Crippen LogP contribution in [0.25, 0.3) is 0 Å². The number of aliphatic hydroxyl groups excluding tert-OH is 1. The van der Waals surface area contributed by atoms with Crippen molar-refractivity contribution in [3.05, 3.63) is 29.8 Å². The molecule has 3 nitrogen and oxygen atoms in total. The van der Waals surface area contributed by atoms with Gasteiger partial charge in [-0.25, -0.2) is 0 Å². The highest BCUT2D eigenvalue weighted by atomic mass is 16.5. The molecule has 2 rings (SSSR count). The highest BCUT2D eigenvalue weighted by Gasteiger charge is 2.41. The minimum absolute atomic E-state index is 0.193. The van der Waals surface area contributed by atoms with Gasteiger partial charge in [0.25, 0.3) is 0 Å². The Morgan fingerprint density at radius 1 is 1.37 bits per heavy atom. The van der Waals surface area contributed by atoms with Crippen molar-refractivity contribution in [1.82, 2.24) is 0 Å². The fraction of sp³-hybridized carbons (Fsp3) is 0.625. The quantitative estimate of drug-likeness (QED) is 0.878. The fourth-order valence-corrected chi connectivity index (χ4v) is 3.15. The largest absolute Gasteiger partial charge is 0.496 e. The summed E-state index contributed by atoms with van der Waals surface area (Å²) >= 11 is 0. The average molecular weight is 263 g/mol. The van der Waals surface area contributed by atoms with Crippen molar-refractivity contribution in [2.45, 2.75) is 38.7 Å². The Morgan fingerprint density at radius 3 is 2.58 bits per heavy atom. The molecular formula is C16H25NO2. The summed E-state index contributed by atoms with van der Waals surface area (Å²) < 4.78 is 5.37. The van der Waals surface area contributed by atoms with Crippen LogP contribution in [0.1, 0.15) is 44.3 Å². The monoisotopic (exact) mass is 263 g/mol. The van der Waals surface area contributed by atoms with E-state index in [4.69, 9.17) is 10.5 Å². The molecule has 0 radical (unpaired) electrons. The Balaban J connectivity index is 2.27. The Hall–Kier alpha value is -1.06. The third-order valence-corrected chi connectivity index (χ3v) is 4.69. The second kappa shape index (κ2) is 5.93. The van der Waals surface area contributed by atoms with Crippen LogP contribution >= 0.6 is 0 Å². The van der Waals surface area contributed by atoms with Crippen LogP contribution in [-0.4, -0.2) is 18.8 Å². The van der Waals surface area contributed by atoms with Crippen LogP contribution in [0.2, 0.25) is 0 Å². The normalized spacial score (nSPS) is 28.9.